The van der Waals surface area contributed by atoms with Crippen molar-refractivity contribution < 1.29 is 14.4 Å². The third-order valence-corrected chi connectivity index (χ3v) is 17.5. The van der Waals surface area contributed by atoms with Crippen LogP contribution in [0, 0.1) is 20.8 Å². The molecule has 0 bridgehead atoms. The van der Waals surface area contributed by atoms with E-state index in [2.05, 4.69) is 119 Å². The summed E-state index contributed by atoms with van der Waals surface area (Å²) >= 11 is 0. The third-order valence-electron chi connectivity index (χ3n) is 10.5. The van der Waals surface area contributed by atoms with E-state index < -0.39 is 16.1 Å². The number of fused-ring (bicyclic) bond motifs is 4. The molecule has 4 aromatic carbocycles. The predicted molar refractivity (Wildman–Crippen MR) is 227 cm³/mol. The van der Waals surface area contributed by atoms with Crippen molar-refractivity contribution in [2.75, 3.05) is 5.32 Å². The zero-order valence-corrected chi connectivity index (χ0v) is 33.9. The molecule has 8 rings (SSSR count). The molecular formula is C47H47NO3Si2. The summed E-state index contributed by atoms with van der Waals surface area (Å²) in [7, 11) is -3.84. The van der Waals surface area contributed by atoms with Crippen molar-refractivity contribution in [1.29, 1.82) is 0 Å². The molecule has 0 aromatic heterocycles. The molecule has 2 aliphatic carbocycles. The minimum Gasteiger partial charge on any atom is -0.326 e. The minimum atomic E-state index is -1.93. The van der Waals surface area contributed by atoms with Gasteiger partial charge in [-0.05, 0) is 123 Å². The lowest BCUT2D eigenvalue weighted by Crippen LogP contribution is -2.49. The fraction of sp³-hybridized carbons (Fsp3) is 0.170. The van der Waals surface area contributed by atoms with Gasteiger partial charge in [0.25, 0.3) is 0 Å². The average molecular weight is 730 g/mol. The van der Waals surface area contributed by atoms with Gasteiger partial charge >= 0.3 is 0 Å². The Labute approximate surface area is 316 Å². The van der Waals surface area contributed by atoms with E-state index in [-0.39, 0.29) is 17.5 Å². The predicted octanol–water partition coefficient (Wildman–Crippen LogP) is 9.20. The van der Waals surface area contributed by atoms with Crippen LogP contribution in [0.3, 0.4) is 0 Å². The van der Waals surface area contributed by atoms with Crippen molar-refractivity contribution in [2.24, 2.45) is 0 Å². The van der Waals surface area contributed by atoms with Crippen LogP contribution >= 0.6 is 0 Å². The maximum absolute atomic E-state index is 12.1. The van der Waals surface area contributed by atoms with Crippen LogP contribution in [0.2, 0.25) is 26.2 Å². The number of anilines is 1. The summed E-state index contributed by atoms with van der Waals surface area (Å²) in [5, 5.41) is 7.96. The van der Waals surface area contributed by atoms with E-state index in [1.165, 1.54) is 72.2 Å². The van der Waals surface area contributed by atoms with Crippen LogP contribution in [0.15, 0.2) is 149 Å². The molecule has 0 fully saturated rings. The van der Waals surface area contributed by atoms with Gasteiger partial charge in [0.2, 0.25) is 5.91 Å². The molecule has 1 N–H and O–H groups in total. The fourth-order valence-corrected chi connectivity index (χ4v) is 13.8. The zero-order valence-electron chi connectivity index (χ0n) is 31.9. The van der Waals surface area contributed by atoms with Gasteiger partial charge in [-0.15, -0.1) is 0 Å². The van der Waals surface area contributed by atoms with Crippen LogP contribution in [0.5, 0.6) is 0 Å². The number of benzene rings is 4. The van der Waals surface area contributed by atoms with Crippen LogP contribution < -0.4 is 15.7 Å². The number of hydrogen-bond acceptors (Lipinski definition) is 3. The SMILES string of the molecule is CC(=O)Nc1ccc2c(c1)[Si](C)(C)C1=CC(=O)C=CC1=C2.Cc1ccc2c(c1)[Si](C)(C)C1=CC(=O)C=CC1=C2c1ccccc1C.Cc1ccccc1. The molecule has 4 aliphatic rings. The maximum atomic E-state index is 12.1. The Hall–Kier alpha value is -5.44. The Morgan fingerprint density at radius 2 is 1.23 bits per heavy atom. The van der Waals surface area contributed by atoms with E-state index in [1.807, 2.05) is 48.6 Å². The molecule has 2 aliphatic heterocycles. The van der Waals surface area contributed by atoms with Gasteiger partial charge in [0.15, 0.2) is 11.6 Å². The first-order chi connectivity index (χ1) is 25.2. The highest BCUT2D eigenvalue weighted by atomic mass is 28.3. The number of carbonyl (C=O) groups excluding carboxylic acids is 3. The summed E-state index contributed by atoms with van der Waals surface area (Å²) in [6.45, 7) is 17.1. The second-order valence-electron chi connectivity index (χ2n) is 15.2. The van der Waals surface area contributed by atoms with Crippen LogP contribution in [0.1, 0.15) is 40.3 Å². The highest BCUT2D eigenvalue weighted by Gasteiger charge is 2.40. The topological polar surface area (TPSA) is 63.2 Å². The second kappa shape index (κ2) is 14.9. The zero-order chi connectivity index (χ0) is 38.1. The Kier molecular flexibility index (Phi) is 10.5. The second-order valence-corrected chi connectivity index (χ2v) is 23.9. The molecular weight excluding hydrogens is 683 g/mol. The summed E-state index contributed by atoms with van der Waals surface area (Å²) in [5.74, 6) is 0.0974. The molecule has 266 valence electrons. The summed E-state index contributed by atoms with van der Waals surface area (Å²) in [5.41, 5.74) is 12.1. The van der Waals surface area contributed by atoms with Crippen LogP contribution in [0.4, 0.5) is 5.69 Å². The van der Waals surface area contributed by atoms with E-state index >= 15 is 0 Å². The van der Waals surface area contributed by atoms with Gasteiger partial charge in [-0.1, -0.05) is 128 Å². The molecule has 0 radical (unpaired) electrons. The first-order valence-corrected chi connectivity index (χ1v) is 24.1. The van der Waals surface area contributed by atoms with E-state index in [0.717, 1.165) is 11.3 Å². The summed E-state index contributed by atoms with van der Waals surface area (Å²) in [4.78, 5) is 35.1. The lowest BCUT2D eigenvalue weighted by atomic mass is 9.87. The Bertz CT molecular complexity index is 2350. The highest BCUT2D eigenvalue weighted by Crippen LogP contribution is 2.42. The molecule has 1 amide bonds. The Morgan fingerprint density at radius 1 is 0.585 bits per heavy atom. The van der Waals surface area contributed by atoms with Gasteiger partial charge in [0.05, 0.1) is 0 Å². The molecule has 2 heterocycles. The van der Waals surface area contributed by atoms with Crippen molar-refractivity contribution in [3.05, 3.63) is 182 Å². The van der Waals surface area contributed by atoms with Crippen molar-refractivity contribution in [3.8, 4) is 0 Å². The first-order valence-electron chi connectivity index (χ1n) is 18.1. The van der Waals surface area contributed by atoms with Crippen molar-refractivity contribution >= 4 is 61.3 Å². The van der Waals surface area contributed by atoms with Gasteiger partial charge in [0, 0.05) is 12.6 Å². The average Bonchev–Trinajstić information content (AvgIpc) is 3.11. The smallest absolute Gasteiger partial charge is 0.221 e. The van der Waals surface area contributed by atoms with Gasteiger partial charge in [-0.3, -0.25) is 14.4 Å². The highest BCUT2D eigenvalue weighted by molar-refractivity contribution is 6.98. The third kappa shape index (κ3) is 7.70. The van der Waals surface area contributed by atoms with E-state index in [1.54, 1.807) is 18.2 Å². The molecule has 53 heavy (non-hydrogen) atoms. The van der Waals surface area contributed by atoms with Crippen molar-refractivity contribution in [2.45, 2.75) is 53.9 Å². The largest absolute Gasteiger partial charge is 0.326 e. The monoisotopic (exact) mass is 729 g/mol. The maximum Gasteiger partial charge on any atom is 0.221 e. The molecule has 4 nitrogen and oxygen atoms in total. The lowest BCUT2D eigenvalue weighted by Gasteiger charge is -2.38. The van der Waals surface area contributed by atoms with Gasteiger partial charge in [0.1, 0.15) is 16.1 Å². The fourth-order valence-electron chi connectivity index (χ4n) is 7.64. The van der Waals surface area contributed by atoms with Crippen LogP contribution in [-0.2, 0) is 14.4 Å². The summed E-state index contributed by atoms with van der Waals surface area (Å²) < 4.78 is 0. The number of carbonyl (C=O) groups is 3. The molecule has 0 saturated heterocycles. The van der Waals surface area contributed by atoms with Crippen LogP contribution in [0.25, 0.3) is 11.6 Å². The van der Waals surface area contributed by atoms with E-state index in [4.69, 9.17) is 0 Å². The normalized spacial score (nSPS) is 16.9. The number of rotatable bonds is 2. The number of allylic oxidation sites excluding steroid dienone is 10. The lowest BCUT2D eigenvalue weighted by molar-refractivity contribution is -0.114. The number of nitrogens with one attached hydrogen (secondary N) is 1. The quantitative estimate of drug-likeness (QED) is 0.210. The van der Waals surface area contributed by atoms with Crippen LogP contribution in [-0.4, -0.2) is 33.6 Å². The van der Waals surface area contributed by atoms with Gasteiger partial charge in [-0.25, -0.2) is 0 Å². The van der Waals surface area contributed by atoms with Gasteiger partial charge < -0.3 is 5.32 Å². The first kappa shape index (κ1) is 37.3. The van der Waals surface area contributed by atoms with Crippen molar-refractivity contribution in [3.63, 3.8) is 0 Å². The molecule has 0 spiro atoms. The molecule has 6 heteroatoms. The minimum absolute atomic E-state index is 0.0594. The Balaban J connectivity index is 0.000000155. The van der Waals surface area contributed by atoms with E-state index in [9.17, 15) is 14.4 Å². The van der Waals surface area contributed by atoms with E-state index in [0.29, 0.717) is 0 Å². The number of aryl methyl sites for hydroxylation is 3. The van der Waals surface area contributed by atoms with Crippen molar-refractivity contribution in [1.82, 2.24) is 0 Å². The number of hydrogen-bond donors (Lipinski definition) is 1. The number of ketones is 2. The molecule has 4 aromatic rings. The molecule has 0 unspecified atom stereocenters. The molecule has 0 saturated carbocycles. The Morgan fingerprint density at radius 3 is 1.89 bits per heavy atom. The summed E-state index contributed by atoms with van der Waals surface area (Å²) in [6, 6.07) is 31.6. The molecule has 0 atom stereocenters. The van der Waals surface area contributed by atoms with Gasteiger partial charge in [-0.2, -0.15) is 0 Å². The summed E-state index contributed by atoms with van der Waals surface area (Å²) in [6.07, 6.45) is 13.1. The standard InChI is InChI=1S/C23H22OSi.C17H17NO2Si.C7H8/c1-15-9-11-19-21(13-15)25(3,4)22-14-17(24)10-12-20(22)23(19)18-8-6-5-7-16(18)2;1-11(19)18-14-6-4-12-8-13-5-7-15(20)10-17(13)21(2,3)16(12)9-14;1-7-5-3-2-4-6-7/h5-14H,1-4H3;4-10H,1-3H3,(H,18,19);2-6H,1H3. The number of amides is 1.